The zero-order valence-corrected chi connectivity index (χ0v) is 14.2. The second-order valence-electron chi connectivity index (χ2n) is 6.14. The highest BCUT2D eigenvalue weighted by Gasteiger charge is 2.50. The Morgan fingerprint density at radius 1 is 1.19 bits per heavy atom. The fraction of sp³-hybridized carbons (Fsp3) is 0.500. The normalized spacial score (nSPS) is 33.8. The van der Waals surface area contributed by atoms with E-state index in [1.165, 1.54) is 27.7 Å². The van der Waals surface area contributed by atoms with Crippen molar-refractivity contribution in [2.75, 3.05) is 13.1 Å². The Balaban J connectivity index is 1.77. The first kappa shape index (κ1) is 13.7. The average molecular weight is 395 g/mol. The minimum absolute atomic E-state index is 0.0426. The van der Waals surface area contributed by atoms with Crippen LogP contribution in [-0.4, -0.2) is 40.7 Å². The summed E-state index contributed by atoms with van der Waals surface area (Å²) in [6.45, 7) is 3.90. The maximum atomic E-state index is 12.1. The van der Waals surface area contributed by atoms with Crippen molar-refractivity contribution in [3.8, 4) is 0 Å². The minimum atomic E-state index is 0.0426. The summed E-state index contributed by atoms with van der Waals surface area (Å²) < 4.78 is 1.22. The first-order valence-corrected chi connectivity index (χ1v) is 8.61. The van der Waals surface area contributed by atoms with E-state index >= 15 is 0 Å². The van der Waals surface area contributed by atoms with Crippen molar-refractivity contribution >= 4 is 34.2 Å². The lowest BCUT2D eigenvalue weighted by Crippen LogP contribution is -2.56. The van der Waals surface area contributed by atoms with Crippen LogP contribution in [0, 0.1) is 9.49 Å². The Morgan fingerprint density at radius 2 is 1.86 bits per heavy atom. The van der Waals surface area contributed by atoms with Gasteiger partial charge in [-0.3, -0.25) is 9.69 Å². The van der Waals surface area contributed by atoms with Crippen LogP contribution in [-0.2, 0) is 4.79 Å². The van der Waals surface area contributed by atoms with Gasteiger partial charge in [-0.05, 0) is 66.2 Å². The number of fused-ring (bicyclic) bond motifs is 2. The van der Waals surface area contributed by atoms with Crippen molar-refractivity contribution < 1.29 is 4.79 Å². The molecular formula is C16H18IN3O. The topological polar surface area (TPSA) is 35.9 Å². The van der Waals surface area contributed by atoms with Gasteiger partial charge < -0.3 is 0 Å². The zero-order chi connectivity index (χ0) is 14.6. The van der Waals surface area contributed by atoms with E-state index in [1.54, 1.807) is 11.9 Å². The van der Waals surface area contributed by atoms with Crippen LogP contribution < -0.4 is 0 Å². The molecule has 1 aromatic rings. The molecule has 2 bridgehead atoms. The molecule has 0 spiro atoms. The summed E-state index contributed by atoms with van der Waals surface area (Å²) in [5.41, 5.74) is 2.44. The van der Waals surface area contributed by atoms with Crippen LogP contribution in [0.2, 0.25) is 0 Å². The molecule has 4 aliphatic heterocycles. The summed E-state index contributed by atoms with van der Waals surface area (Å²) in [4.78, 5) is 14.6. The second-order valence-corrected chi connectivity index (χ2v) is 7.39. The summed E-state index contributed by atoms with van der Waals surface area (Å²) >= 11 is 2.31. The van der Waals surface area contributed by atoms with Gasteiger partial charge in [0, 0.05) is 16.4 Å². The number of nitrogens with zero attached hydrogens (tertiary/aromatic N) is 3. The molecule has 1 aromatic carbocycles. The monoisotopic (exact) mass is 395 g/mol. The van der Waals surface area contributed by atoms with Gasteiger partial charge >= 0.3 is 0 Å². The van der Waals surface area contributed by atoms with Crippen molar-refractivity contribution in [1.29, 1.82) is 0 Å². The third-order valence-corrected chi connectivity index (χ3v) is 5.68. The maximum absolute atomic E-state index is 12.1. The zero-order valence-electron chi connectivity index (χ0n) is 12.0. The summed E-state index contributed by atoms with van der Waals surface area (Å²) in [7, 11) is 0. The lowest BCUT2D eigenvalue weighted by molar-refractivity contribution is -0.131. The van der Waals surface area contributed by atoms with Crippen molar-refractivity contribution in [3.05, 3.63) is 33.4 Å². The molecule has 0 N–H and O–H groups in total. The van der Waals surface area contributed by atoms with E-state index in [0.29, 0.717) is 12.0 Å². The van der Waals surface area contributed by atoms with Crippen molar-refractivity contribution in [2.24, 2.45) is 11.0 Å². The molecule has 0 aromatic heterocycles. The number of hydrogen-bond acceptors (Lipinski definition) is 3. The number of hydrogen-bond donors (Lipinski definition) is 0. The molecule has 0 saturated carbocycles. The summed E-state index contributed by atoms with van der Waals surface area (Å²) in [5, 5.41) is 6.45. The molecule has 2 unspecified atom stereocenters. The third kappa shape index (κ3) is 2.12. The molecule has 0 radical (unpaired) electrons. The van der Waals surface area contributed by atoms with Gasteiger partial charge in [-0.2, -0.15) is 5.10 Å². The number of hydrazone groups is 1. The third-order valence-electron chi connectivity index (χ3n) is 4.96. The van der Waals surface area contributed by atoms with Gasteiger partial charge in [-0.25, -0.2) is 5.01 Å². The lowest BCUT2D eigenvalue weighted by Gasteiger charge is -2.46. The Hall–Kier alpha value is -0.950. The van der Waals surface area contributed by atoms with Gasteiger partial charge in [0.25, 0.3) is 0 Å². The highest BCUT2D eigenvalue weighted by molar-refractivity contribution is 14.1. The molecular weight excluding hydrogens is 377 g/mol. The fourth-order valence-corrected chi connectivity index (χ4v) is 4.33. The van der Waals surface area contributed by atoms with Crippen molar-refractivity contribution in [2.45, 2.75) is 31.8 Å². The molecule has 4 aliphatic rings. The quantitative estimate of drug-likeness (QED) is 0.686. The SMILES string of the molecule is CC(=O)N1N=C2C3CCN(CC3)C2C1c1ccc(I)cc1. The predicted molar refractivity (Wildman–Crippen MR) is 89.9 cm³/mol. The average Bonchev–Trinajstić information content (AvgIpc) is 2.92. The standard InChI is InChI=1S/C16H18IN3O/c1-10(21)20-15(12-2-4-13(17)5-3-12)16-14(18-20)11-6-8-19(16)9-7-11/h2-5,11,15-16H,6-9H2,1H3. The van der Waals surface area contributed by atoms with Gasteiger partial charge in [-0.1, -0.05) is 12.1 Å². The van der Waals surface area contributed by atoms with Gasteiger partial charge in [0.2, 0.25) is 5.91 Å². The molecule has 5 heteroatoms. The first-order chi connectivity index (χ1) is 10.1. The molecule has 1 amide bonds. The summed E-state index contributed by atoms with van der Waals surface area (Å²) in [6, 6.07) is 8.86. The molecule has 3 fully saturated rings. The number of piperidine rings is 3. The molecule has 3 saturated heterocycles. The summed E-state index contributed by atoms with van der Waals surface area (Å²) in [5.74, 6) is 0.622. The first-order valence-electron chi connectivity index (χ1n) is 7.53. The maximum Gasteiger partial charge on any atom is 0.240 e. The van der Waals surface area contributed by atoms with Crippen LogP contribution in [0.4, 0.5) is 0 Å². The van der Waals surface area contributed by atoms with E-state index in [1.807, 2.05) is 0 Å². The Morgan fingerprint density at radius 3 is 2.48 bits per heavy atom. The van der Waals surface area contributed by atoms with E-state index in [0.717, 1.165) is 13.1 Å². The Kier molecular flexibility index (Phi) is 3.29. The largest absolute Gasteiger partial charge is 0.293 e. The van der Waals surface area contributed by atoms with Crippen molar-refractivity contribution in [1.82, 2.24) is 9.91 Å². The van der Waals surface area contributed by atoms with E-state index in [2.05, 4.69) is 51.8 Å². The smallest absolute Gasteiger partial charge is 0.240 e. The van der Waals surface area contributed by atoms with Crippen LogP contribution >= 0.6 is 22.6 Å². The molecule has 4 heterocycles. The molecule has 5 rings (SSSR count). The van der Waals surface area contributed by atoms with Gasteiger partial charge in [0.15, 0.2) is 0 Å². The highest BCUT2D eigenvalue weighted by Crippen LogP contribution is 2.43. The molecule has 0 aliphatic carbocycles. The predicted octanol–water partition coefficient (Wildman–Crippen LogP) is 2.64. The Labute approximate surface area is 138 Å². The molecule has 4 nitrogen and oxygen atoms in total. The Bertz CT molecular complexity index is 604. The minimum Gasteiger partial charge on any atom is -0.293 e. The van der Waals surface area contributed by atoms with Gasteiger partial charge in [0.1, 0.15) is 6.04 Å². The lowest BCUT2D eigenvalue weighted by atomic mass is 9.78. The van der Waals surface area contributed by atoms with Gasteiger partial charge in [-0.15, -0.1) is 0 Å². The van der Waals surface area contributed by atoms with Crippen LogP contribution in [0.5, 0.6) is 0 Å². The fourth-order valence-electron chi connectivity index (χ4n) is 3.97. The number of carbonyl (C=O) groups excluding carboxylic acids is 1. The second kappa shape index (κ2) is 5.05. The number of rotatable bonds is 1. The number of halogens is 1. The van der Waals surface area contributed by atoms with Crippen LogP contribution in [0.1, 0.15) is 31.4 Å². The number of amides is 1. The van der Waals surface area contributed by atoms with Gasteiger partial charge in [0.05, 0.1) is 11.8 Å². The van der Waals surface area contributed by atoms with E-state index < -0.39 is 0 Å². The molecule has 110 valence electrons. The van der Waals surface area contributed by atoms with Crippen LogP contribution in [0.3, 0.4) is 0 Å². The van der Waals surface area contributed by atoms with Crippen LogP contribution in [0.25, 0.3) is 0 Å². The number of carbonyl (C=O) groups is 1. The molecule has 21 heavy (non-hydrogen) atoms. The van der Waals surface area contributed by atoms with Crippen molar-refractivity contribution in [3.63, 3.8) is 0 Å². The van der Waals surface area contributed by atoms with E-state index in [9.17, 15) is 4.79 Å². The van der Waals surface area contributed by atoms with E-state index in [4.69, 9.17) is 5.10 Å². The highest BCUT2D eigenvalue weighted by atomic mass is 127. The van der Waals surface area contributed by atoms with Crippen LogP contribution in [0.15, 0.2) is 29.4 Å². The number of benzene rings is 1. The van der Waals surface area contributed by atoms with E-state index in [-0.39, 0.29) is 11.9 Å². The summed E-state index contributed by atoms with van der Waals surface area (Å²) in [6.07, 6.45) is 2.39. The molecule has 2 atom stereocenters.